The molecule has 1 aromatic rings. The largest absolute Gasteiger partial charge is 0.480 e. The van der Waals surface area contributed by atoms with Gasteiger partial charge in [-0.1, -0.05) is 0 Å². The van der Waals surface area contributed by atoms with Gasteiger partial charge in [-0.25, -0.2) is 4.98 Å². The van der Waals surface area contributed by atoms with E-state index in [1.807, 2.05) is 5.32 Å². The van der Waals surface area contributed by atoms with Crippen LogP contribution in [-0.4, -0.2) is 28.5 Å². The number of aromatic nitrogens is 1. The molecule has 0 fully saturated rings. The van der Waals surface area contributed by atoms with Crippen LogP contribution < -0.4 is 5.32 Å². The Kier molecular flexibility index (Phi) is 3.48. The smallest absolute Gasteiger partial charge is 0.443 e. The molecule has 0 saturated carbocycles. The topological polar surface area (TPSA) is 79.3 Å². The molecule has 2 N–H and O–H groups in total. The first-order valence-corrected chi connectivity index (χ1v) is 4.71. The Labute approximate surface area is 90.9 Å². The Bertz CT molecular complexity index is 415. The average Bonchev–Trinajstić information content (AvgIpc) is 2.61. The number of halogens is 3. The van der Waals surface area contributed by atoms with Crippen molar-refractivity contribution in [2.45, 2.75) is 6.18 Å². The highest BCUT2D eigenvalue weighted by Gasteiger charge is 2.35. The van der Waals surface area contributed by atoms with E-state index in [1.54, 1.807) is 0 Å². The lowest BCUT2D eigenvalue weighted by atomic mass is 10.4. The summed E-state index contributed by atoms with van der Waals surface area (Å²) in [6.45, 7) is -0.669. The monoisotopic (exact) mass is 254 g/mol. The number of nitrogens with one attached hydrogen (secondary N) is 1. The fourth-order valence-corrected chi connectivity index (χ4v) is 1.42. The highest BCUT2D eigenvalue weighted by molar-refractivity contribution is 7.09. The summed E-state index contributed by atoms with van der Waals surface area (Å²) in [5, 5.41) is 9.90. The molecule has 1 aromatic heterocycles. The molecule has 0 aliphatic heterocycles. The second-order valence-corrected chi connectivity index (χ2v) is 3.47. The Hall–Kier alpha value is -1.64. The van der Waals surface area contributed by atoms with Gasteiger partial charge in [0.15, 0.2) is 5.01 Å². The number of aliphatic carboxylic acids is 1. The van der Waals surface area contributed by atoms with Crippen LogP contribution in [-0.2, 0) is 11.0 Å². The van der Waals surface area contributed by atoms with Crippen molar-refractivity contribution in [1.29, 1.82) is 0 Å². The fraction of sp³-hybridized carbons (Fsp3) is 0.286. The highest BCUT2D eigenvalue weighted by Crippen LogP contribution is 2.31. The number of carboxylic acid groups (broad SMARTS) is 1. The van der Waals surface area contributed by atoms with Gasteiger partial charge >= 0.3 is 12.1 Å². The summed E-state index contributed by atoms with van der Waals surface area (Å²) in [7, 11) is 0. The van der Waals surface area contributed by atoms with Crippen molar-refractivity contribution in [3.63, 3.8) is 0 Å². The molecule has 0 unspecified atom stereocenters. The summed E-state index contributed by atoms with van der Waals surface area (Å²) in [5.74, 6) is -2.24. The van der Waals surface area contributed by atoms with E-state index in [0.29, 0.717) is 0 Å². The summed E-state index contributed by atoms with van der Waals surface area (Å²) >= 11 is 0.275. The van der Waals surface area contributed by atoms with Gasteiger partial charge < -0.3 is 10.4 Å². The van der Waals surface area contributed by atoms with Gasteiger partial charge in [-0.15, -0.1) is 11.3 Å². The summed E-state index contributed by atoms with van der Waals surface area (Å²) < 4.78 is 36.3. The van der Waals surface area contributed by atoms with Crippen molar-refractivity contribution in [3.05, 3.63) is 16.1 Å². The minimum Gasteiger partial charge on any atom is -0.480 e. The SMILES string of the molecule is O=C(O)CNC(=O)c1csc(C(F)(F)F)n1. The number of hydrogen-bond donors (Lipinski definition) is 2. The Balaban J connectivity index is 2.71. The van der Waals surface area contributed by atoms with Crippen LogP contribution in [0.25, 0.3) is 0 Å². The minimum absolute atomic E-state index is 0.275. The standard InChI is InChI=1S/C7H5F3N2O3S/c8-7(9,10)6-12-3(2-16-6)5(15)11-1-4(13)14/h2H,1H2,(H,11,15)(H,13,14). The first-order chi connectivity index (χ1) is 7.30. The maximum atomic E-state index is 12.1. The van der Waals surface area contributed by atoms with Gasteiger partial charge in [-0.3, -0.25) is 9.59 Å². The van der Waals surface area contributed by atoms with Crippen molar-refractivity contribution >= 4 is 23.2 Å². The third-order valence-electron chi connectivity index (χ3n) is 1.38. The molecule has 0 atom stereocenters. The summed E-state index contributed by atoms with van der Waals surface area (Å²) in [4.78, 5) is 24.2. The molecule has 16 heavy (non-hydrogen) atoms. The lowest BCUT2D eigenvalue weighted by Crippen LogP contribution is -2.29. The predicted molar refractivity (Wildman–Crippen MR) is 47.1 cm³/mol. The third-order valence-corrected chi connectivity index (χ3v) is 2.27. The molecule has 0 saturated heterocycles. The van der Waals surface area contributed by atoms with Crippen LogP contribution in [0.15, 0.2) is 5.38 Å². The van der Waals surface area contributed by atoms with Crippen molar-refractivity contribution in [2.75, 3.05) is 6.54 Å². The zero-order chi connectivity index (χ0) is 12.3. The van der Waals surface area contributed by atoms with Crippen LogP contribution in [0.1, 0.15) is 15.5 Å². The molecule has 1 rings (SSSR count). The molecule has 1 heterocycles. The molecule has 0 radical (unpaired) electrons. The zero-order valence-electron chi connectivity index (χ0n) is 7.54. The number of nitrogens with zero attached hydrogens (tertiary/aromatic N) is 1. The highest BCUT2D eigenvalue weighted by atomic mass is 32.1. The molecule has 9 heteroatoms. The summed E-state index contributed by atoms with van der Waals surface area (Å²) in [5.41, 5.74) is -0.446. The maximum Gasteiger partial charge on any atom is 0.443 e. The molecule has 5 nitrogen and oxygen atoms in total. The molecule has 1 amide bonds. The van der Waals surface area contributed by atoms with E-state index < -0.39 is 35.3 Å². The number of alkyl halides is 3. The Morgan fingerprint density at radius 2 is 2.12 bits per heavy atom. The van der Waals surface area contributed by atoms with E-state index in [-0.39, 0.29) is 11.3 Å². The van der Waals surface area contributed by atoms with E-state index in [1.165, 1.54) is 0 Å². The average molecular weight is 254 g/mol. The molecule has 88 valence electrons. The quantitative estimate of drug-likeness (QED) is 0.842. The van der Waals surface area contributed by atoms with Crippen molar-refractivity contribution < 1.29 is 27.9 Å². The van der Waals surface area contributed by atoms with Gasteiger partial charge in [-0.05, 0) is 0 Å². The van der Waals surface area contributed by atoms with Crippen LogP contribution in [0.2, 0.25) is 0 Å². The van der Waals surface area contributed by atoms with Crippen molar-refractivity contribution in [2.24, 2.45) is 0 Å². The summed E-state index contributed by atoms with van der Waals surface area (Å²) in [6.07, 6.45) is -4.60. The minimum atomic E-state index is -4.60. The van der Waals surface area contributed by atoms with Gasteiger partial charge in [0.2, 0.25) is 0 Å². The van der Waals surface area contributed by atoms with E-state index in [0.717, 1.165) is 5.38 Å². The zero-order valence-corrected chi connectivity index (χ0v) is 8.35. The Morgan fingerprint density at radius 3 is 2.56 bits per heavy atom. The van der Waals surface area contributed by atoms with Crippen LogP contribution in [0.4, 0.5) is 13.2 Å². The van der Waals surface area contributed by atoms with E-state index in [4.69, 9.17) is 5.11 Å². The van der Waals surface area contributed by atoms with Gasteiger partial charge in [-0.2, -0.15) is 13.2 Å². The molecule has 0 aliphatic rings. The normalized spacial score (nSPS) is 11.2. The van der Waals surface area contributed by atoms with Gasteiger partial charge in [0, 0.05) is 5.38 Å². The van der Waals surface area contributed by atoms with Crippen molar-refractivity contribution in [1.82, 2.24) is 10.3 Å². The molecule has 0 aromatic carbocycles. The second-order valence-electron chi connectivity index (χ2n) is 2.61. The lowest BCUT2D eigenvalue weighted by Gasteiger charge is -2.00. The number of hydrogen-bond acceptors (Lipinski definition) is 4. The van der Waals surface area contributed by atoms with E-state index >= 15 is 0 Å². The fourth-order valence-electron chi connectivity index (χ4n) is 0.755. The van der Waals surface area contributed by atoms with Crippen LogP contribution in [0.3, 0.4) is 0 Å². The maximum absolute atomic E-state index is 12.1. The number of amides is 1. The number of thiazole rings is 1. The molecular formula is C7H5F3N2O3S. The summed E-state index contributed by atoms with van der Waals surface area (Å²) in [6, 6.07) is 0. The van der Waals surface area contributed by atoms with E-state index in [2.05, 4.69) is 4.98 Å². The molecule has 0 spiro atoms. The lowest BCUT2D eigenvalue weighted by molar-refractivity contribution is -0.138. The van der Waals surface area contributed by atoms with Gasteiger partial charge in [0.1, 0.15) is 12.2 Å². The first-order valence-electron chi connectivity index (χ1n) is 3.83. The van der Waals surface area contributed by atoms with Crippen LogP contribution >= 0.6 is 11.3 Å². The molecular weight excluding hydrogens is 249 g/mol. The molecule has 0 aliphatic carbocycles. The Morgan fingerprint density at radius 1 is 1.50 bits per heavy atom. The van der Waals surface area contributed by atoms with Crippen LogP contribution in [0, 0.1) is 0 Å². The second kappa shape index (κ2) is 4.47. The molecule has 0 bridgehead atoms. The van der Waals surface area contributed by atoms with Crippen LogP contribution in [0.5, 0.6) is 0 Å². The third kappa shape index (κ3) is 3.19. The predicted octanol–water partition coefficient (Wildman–Crippen LogP) is 0.976. The van der Waals surface area contributed by atoms with Gasteiger partial charge in [0.25, 0.3) is 5.91 Å². The van der Waals surface area contributed by atoms with Gasteiger partial charge in [0.05, 0.1) is 0 Å². The number of rotatable bonds is 3. The number of carboxylic acids is 1. The van der Waals surface area contributed by atoms with Crippen molar-refractivity contribution in [3.8, 4) is 0 Å². The number of carbonyl (C=O) groups is 2. The number of carbonyl (C=O) groups excluding carboxylic acids is 1. The first kappa shape index (κ1) is 12.4. The van der Waals surface area contributed by atoms with E-state index in [9.17, 15) is 22.8 Å².